The number of nitrogen functional groups attached to an aromatic ring is 1. The molecule has 1 aromatic carbocycles. The summed E-state index contributed by atoms with van der Waals surface area (Å²) in [5, 5.41) is 1.16. The molecule has 1 saturated heterocycles. The molecular weight excluding hydrogens is 250 g/mol. The van der Waals surface area contributed by atoms with E-state index < -0.39 is 0 Å². The summed E-state index contributed by atoms with van der Waals surface area (Å²) >= 11 is 0. The summed E-state index contributed by atoms with van der Waals surface area (Å²) in [6.07, 6.45) is 0. The third-order valence-corrected chi connectivity index (χ3v) is 3.86. The van der Waals surface area contributed by atoms with Crippen LogP contribution in [0.2, 0.25) is 0 Å². The van der Waals surface area contributed by atoms with Gasteiger partial charge in [-0.1, -0.05) is 13.8 Å². The Hall–Kier alpha value is -1.81. The van der Waals surface area contributed by atoms with Gasteiger partial charge in [0.1, 0.15) is 5.82 Å². The molecule has 1 fully saturated rings. The predicted octanol–water partition coefficient (Wildman–Crippen LogP) is 2.78. The van der Waals surface area contributed by atoms with E-state index in [1.165, 1.54) is 5.69 Å². The fraction of sp³-hybridized carbons (Fsp3) is 0.438. The third-order valence-electron chi connectivity index (χ3n) is 3.86. The van der Waals surface area contributed by atoms with Crippen LogP contribution < -0.4 is 10.6 Å². The topological polar surface area (TPSA) is 51.4 Å². The van der Waals surface area contributed by atoms with Crippen LogP contribution in [-0.2, 0) is 4.74 Å². The SMILES string of the molecule is CC(C)c1cc2cc(N3CCOCC3)ccc2nc1N. The van der Waals surface area contributed by atoms with Crippen molar-refractivity contribution in [3.63, 3.8) is 0 Å². The molecule has 0 saturated carbocycles. The van der Waals surface area contributed by atoms with Gasteiger partial charge in [0.15, 0.2) is 0 Å². The molecule has 2 aromatic rings. The van der Waals surface area contributed by atoms with Crippen molar-refractivity contribution >= 4 is 22.4 Å². The van der Waals surface area contributed by atoms with Crippen LogP contribution in [0.1, 0.15) is 25.3 Å². The molecule has 2 N–H and O–H groups in total. The normalized spacial score (nSPS) is 16.1. The molecule has 1 aliphatic heterocycles. The number of rotatable bonds is 2. The summed E-state index contributed by atoms with van der Waals surface area (Å²) in [6, 6.07) is 8.56. The zero-order chi connectivity index (χ0) is 14.1. The zero-order valence-corrected chi connectivity index (χ0v) is 12.1. The maximum Gasteiger partial charge on any atom is 0.127 e. The Balaban J connectivity index is 2.02. The molecule has 3 rings (SSSR count). The van der Waals surface area contributed by atoms with Gasteiger partial charge in [-0.3, -0.25) is 0 Å². The standard InChI is InChI=1S/C16H21N3O/c1-11(2)14-10-12-9-13(19-5-7-20-8-6-19)3-4-15(12)18-16(14)17/h3-4,9-11H,5-8H2,1-2H3,(H2,17,18). The number of nitrogens with zero attached hydrogens (tertiary/aromatic N) is 2. The number of hydrogen-bond acceptors (Lipinski definition) is 4. The molecule has 20 heavy (non-hydrogen) atoms. The Morgan fingerprint density at radius 1 is 1.20 bits per heavy atom. The number of pyridine rings is 1. The lowest BCUT2D eigenvalue weighted by molar-refractivity contribution is 0.122. The van der Waals surface area contributed by atoms with Gasteiger partial charge in [0, 0.05) is 24.2 Å². The Kier molecular flexibility index (Phi) is 3.49. The number of fused-ring (bicyclic) bond motifs is 1. The van der Waals surface area contributed by atoms with Gasteiger partial charge in [0.05, 0.1) is 18.7 Å². The highest BCUT2D eigenvalue weighted by Gasteiger charge is 2.13. The van der Waals surface area contributed by atoms with Crippen molar-refractivity contribution in [3.8, 4) is 0 Å². The third kappa shape index (κ3) is 2.43. The maximum atomic E-state index is 6.03. The average molecular weight is 271 g/mol. The number of morpholine rings is 1. The van der Waals surface area contributed by atoms with E-state index in [0.29, 0.717) is 11.7 Å². The van der Waals surface area contributed by atoms with Crippen molar-refractivity contribution in [1.29, 1.82) is 0 Å². The van der Waals surface area contributed by atoms with E-state index >= 15 is 0 Å². The average Bonchev–Trinajstić information content (AvgIpc) is 2.47. The molecule has 0 bridgehead atoms. The minimum Gasteiger partial charge on any atom is -0.383 e. The fourth-order valence-electron chi connectivity index (χ4n) is 2.68. The first kappa shape index (κ1) is 13.2. The largest absolute Gasteiger partial charge is 0.383 e. The summed E-state index contributed by atoms with van der Waals surface area (Å²) in [6.45, 7) is 7.79. The Morgan fingerprint density at radius 3 is 2.65 bits per heavy atom. The lowest BCUT2D eigenvalue weighted by Gasteiger charge is -2.29. The summed E-state index contributed by atoms with van der Waals surface area (Å²) in [4.78, 5) is 6.87. The number of benzene rings is 1. The predicted molar refractivity (Wildman–Crippen MR) is 83.3 cm³/mol. The Bertz CT molecular complexity index is 618. The molecule has 0 unspecified atom stereocenters. The molecule has 2 heterocycles. The molecule has 106 valence electrons. The molecule has 1 aromatic heterocycles. The second kappa shape index (κ2) is 5.29. The summed E-state index contributed by atoms with van der Waals surface area (Å²) < 4.78 is 5.40. The number of anilines is 2. The molecular formula is C16H21N3O. The van der Waals surface area contributed by atoms with Crippen LogP contribution >= 0.6 is 0 Å². The van der Waals surface area contributed by atoms with Crippen molar-refractivity contribution in [2.45, 2.75) is 19.8 Å². The Morgan fingerprint density at radius 2 is 1.95 bits per heavy atom. The molecule has 0 radical (unpaired) electrons. The van der Waals surface area contributed by atoms with Gasteiger partial charge in [0.25, 0.3) is 0 Å². The lowest BCUT2D eigenvalue weighted by Crippen LogP contribution is -2.36. The van der Waals surface area contributed by atoms with Crippen molar-refractivity contribution in [1.82, 2.24) is 4.98 Å². The number of ether oxygens (including phenoxy) is 1. The first-order chi connectivity index (χ1) is 9.65. The fourth-order valence-corrected chi connectivity index (χ4v) is 2.68. The van der Waals surface area contributed by atoms with Crippen LogP contribution in [0.3, 0.4) is 0 Å². The van der Waals surface area contributed by atoms with Gasteiger partial charge in [-0.15, -0.1) is 0 Å². The maximum absolute atomic E-state index is 6.03. The highest BCUT2D eigenvalue weighted by atomic mass is 16.5. The molecule has 4 heteroatoms. The Labute approximate surface area is 119 Å². The minimum atomic E-state index is 0.388. The van der Waals surface area contributed by atoms with E-state index in [0.717, 1.165) is 42.8 Å². The molecule has 0 aliphatic carbocycles. The number of hydrogen-bond donors (Lipinski definition) is 1. The number of aromatic nitrogens is 1. The van der Waals surface area contributed by atoms with E-state index in [9.17, 15) is 0 Å². The van der Waals surface area contributed by atoms with Gasteiger partial charge in [-0.25, -0.2) is 4.98 Å². The highest BCUT2D eigenvalue weighted by Crippen LogP contribution is 2.28. The van der Waals surface area contributed by atoms with E-state index in [-0.39, 0.29) is 0 Å². The molecule has 0 amide bonds. The smallest absolute Gasteiger partial charge is 0.127 e. The lowest BCUT2D eigenvalue weighted by atomic mass is 10.0. The second-order valence-electron chi connectivity index (χ2n) is 5.59. The van der Waals surface area contributed by atoms with Crippen LogP contribution in [0.4, 0.5) is 11.5 Å². The first-order valence-electron chi connectivity index (χ1n) is 7.18. The minimum absolute atomic E-state index is 0.388. The van der Waals surface area contributed by atoms with Crippen LogP contribution in [0, 0.1) is 0 Å². The van der Waals surface area contributed by atoms with Crippen LogP contribution in [-0.4, -0.2) is 31.3 Å². The number of nitrogens with two attached hydrogens (primary N) is 1. The van der Waals surface area contributed by atoms with Crippen LogP contribution in [0.25, 0.3) is 10.9 Å². The molecule has 1 aliphatic rings. The molecule has 0 atom stereocenters. The van der Waals surface area contributed by atoms with E-state index in [1.54, 1.807) is 0 Å². The van der Waals surface area contributed by atoms with Gasteiger partial charge in [0.2, 0.25) is 0 Å². The van der Waals surface area contributed by atoms with E-state index in [4.69, 9.17) is 10.5 Å². The monoisotopic (exact) mass is 271 g/mol. The van der Waals surface area contributed by atoms with Gasteiger partial charge in [-0.05, 0) is 35.7 Å². The van der Waals surface area contributed by atoms with Gasteiger partial charge < -0.3 is 15.4 Å². The van der Waals surface area contributed by atoms with Crippen LogP contribution in [0.15, 0.2) is 24.3 Å². The van der Waals surface area contributed by atoms with Crippen molar-refractivity contribution in [2.24, 2.45) is 0 Å². The van der Waals surface area contributed by atoms with E-state index in [1.807, 2.05) is 0 Å². The molecule has 0 spiro atoms. The van der Waals surface area contributed by atoms with Gasteiger partial charge >= 0.3 is 0 Å². The second-order valence-corrected chi connectivity index (χ2v) is 5.59. The van der Waals surface area contributed by atoms with Crippen molar-refractivity contribution < 1.29 is 4.74 Å². The van der Waals surface area contributed by atoms with E-state index in [2.05, 4.69) is 48.0 Å². The summed E-state index contributed by atoms with van der Waals surface area (Å²) in [5.74, 6) is 1.03. The van der Waals surface area contributed by atoms with Crippen LogP contribution in [0.5, 0.6) is 0 Å². The van der Waals surface area contributed by atoms with Crippen molar-refractivity contribution in [3.05, 3.63) is 29.8 Å². The molecule has 4 nitrogen and oxygen atoms in total. The highest BCUT2D eigenvalue weighted by molar-refractivity contribution is 5.85. The van der Waals surface area contributed by atoms with Gasteiger partial charge in [-0.2, -0.15) is 0 Å². The zero-order valence-electron chi connectivity index (χ0n) is 12.1. The quantitative estimate of drug-likeness (QED) is 0.912. The van der Waals surface area contributed by atoms with Crippen molar-refractivity contribution in [2.75, 3.05) is 36.9 Å². The summed E-state index contributed by atoms with van der Waals surface area (Å²) in [7, 11) is 0. The summed E-state index contributed by atoms with van der Waals surface area (Å²) in [5.41, 5.74) is 9.35. The first-order valence-corrected chi connectivity index (χ1v) is 7.18.